The molecule has 1 aromatic heterocycles. The number of benzene rings is 1. The smallest absolute Gasteiger partial charge is 0.328 e. The van der Waals surface area contributed by atoms with Gasteiger partial charge in [-0.15, -0.1) is 5.11 Å². The molecule has 2 rings (SSSR count). The second-order valence-electron chi connectivity index (χ2n) is 3.64. The van der Waals surface area contributed by atoms with Gasteiger partial charge in [-0.2, -0.15) is 5.11 Å². The van der Waals surface area contributed by atoms with E-state index < -0.39 is 17.1 Å². The summed E-state index contributed by atoms with van der Waals surface area (Å²) in [5, 5.41) is 16.8. The Morgan fingerprint density at radius 2 is 1.94 bits per heavy atom. The van der Waals surface area contributed by atoms with Crippen LogP contribution in [0, 0.1) is 6.92 Å². The fraction of sp³-hybridized carbons (Fsp3) is 0.0909. The molecule has 0 saturated carbocycles. The van der Waals surface area contributed by atoms with Gasteiger partial charge in [0.05, 0.1) is 5.69 Å². The van der Waals surface area contributed by atoms with Crippen LogP contribution in [0.15, 0.2) is 44.1 Å². The Labute approximate surface area is 101 Å². The fourth-order valence-electron chi connectivity index (χ4n) is 1.36. The highest BCUT2D eigenvalue weighted by atomic mass is 16.3. The normalized spacial score (nSPS) is 10.9. The van der Waals surface area contributed by atoms with Crippen molar-refractivity contribution in [1.29, 1.82) is 0 Å². The Kier molecular flexibility index (Phi) is 3.05. The van der Waals surface area contributed by atoms with E-state index in [4.69, 9.17) is 0 Å². The molecule has 1 aromatic carbocycles. The van der Waals surface area contributed by atoms with Crippen LogP contribution in [0.25, 0.3) is 0 Å². The van der Waals surface area contributed by atoms with E-state index >= 15 is 0 Å². The molecule has 0 aliphatic heterocycles. The van der Waals surface area contributed by atoms with Crippen LogP contribution in [0.1, 0.15) is 5.56 Å². The van der Waals surface area contributed by atoms with Crippen LogP contribution in [0.2, 0.25) is 0 Å². The van der Waals surface area contributed by atoms with Crippen LogP contribution in [-0.2, 0) is 0 Å². The summed E-state index contributed by atoms with van der Waals surface area (Å²) in [6, 6.07) is 7.15. The first-order valence-corrected chi connectivity index (χ1v) is 5.10. The second-order valence-corrected chi connectivity index (χ2v) is 3.64. The summed E-state index contributed by atoms with van der Waals surface area (Å²) in [6.45, 7) is 1.89. The number of azo groups is 1. The van der Waals surface area contributed by atoms with Crippen molar-refractivity contribution in [3.63, 3.8) is 0 Å². The molecular formula is C11H10N4O3. The van der Waals surface area contributed by atoms with Gasteiger partial charge < -0.3 is 5.11 Å². The van der Waals surface area contributed by atoms with Crippen LogP contribution in [-0.4, -0.2) is 15.1 Å². The molecule has 18 heavy (non-hydrogen) atoms. The van der Waals surface area contributed by atoms with Gasteiger partial charge in [0.15, 0.2) is 0 Å². The van der Waals surface area contributed by atoms with E-state index in [1.54, 1.807) is 18.2 Å². The zero-order valence-corrected chi connectivity index (χ0v) is 9.47. The molecule has 0 aliphatic carbocycles. The van der Waals surface area contributed by atoms with Gasteiger partial charge in [-0.1, -0.05) is 12.1 Å². The number of H-pyrrole nitrogens is 2. The van der Waals surface area contributed by atoms with E-state index in [1.807, 2.05) is 23.0 Å². The predicted molar refractivity (Wildman–Crippen MR) is 64.7 cm³/mol. The van der Waals surface area contributed by atoms with Crippen LogP contribution < -0.4 is 11.2 Å². The van der Waals surface area contributed by atoms with E-state index in [2.05, 4.69) is 10.2 Å². The minimum Gasteiger partial charge on any atom is -0.493 e. The first kappa shape index (κ1) is 11.8. The maximum Gasteiger partial charge on any atom is 0.328 e. The molecule has 0 saturated heterocycles. The largest absolute Gasteiger partial charge is 0.493 e. The summed E-state index contributed by atoms with van der Waals surface area (Å²) in [7, 11) is 0. The third-order valence-corrected chi connectivity index (χ3v) is 2.17. The van der Waals surface area contributed by atoms with Gasteiger partial charge in [0.25, 0.3) is 5.56 Å². The lowest BCUT2D eigenvalue weighted by Gasteiger charge is -1.96. The van der Waals surface area contributed by atoms with Crippen molar-refractivity contribution in [2.75, 3.05) is 0 Å². The number of aromatic hydroxyl groups is 1. The van der Waals surface area contributed by atoms with Crippen molar-refractivity contribution in [1.82, 2.24) is 9.97 Å². The number of hydrogen-bond acceptors (Lipinski definition) is 5. The third-order valence-electron chi connectivity index (χ3n) is 2.17. The monoisotopic (exact) mass is 246 g/mol. The summed E-state index contributed by atoms with van der Waals surface area (Å²) >= 11 is 0. The minimum atomic E-state index is -0.799. The average molecular weight is 246 g/mol. The molecule has 1 heterocycles. The van der Waals surface area contributed by atoms with Crippen LogP contribution in [0.3, 0.4) is 0 Å². The standard InChI is InChI=1S/C11H10N4O3/c1-6-3-2-4-7(5-6)14-15-8-9(16)12-11(18)13-10(8)17/h2-5H,1H3,(H3,12,13,16,17,18). The zero-order valence-electron chi connectivity index (χ0n) is 9.47. The maximum atomic E-state index is 11.4. The molecule has 0 fully saturated rings. The van der Waals surface area contributed by atoms with Gasteiger partial charge in [-0.05, 0) is 24.6 Å². The lowest BCUT2D eigenvalue weighted by Crippen LogP contribution is -2.20. The molecule has 0 radical (unpaired) electrons. The Morgan fingerprint density at radius 1 is 1.17 bits per heavy atom. The average Bonchev–Trinajstić information content (AvgIpc) is 2.27. The molecule has 0 amide bonds. The number of nitrogens with zero attached hydrogens (tertiary/aromatic N) is 2. The van der Waals surface area contributed by atoms with Crippen molar-refractivity contribution in [2.45, 2.75) is 6.92 Å². The summed E-state index contributed by atoms with van der Waals surface area (Å²) < 4.78 is 0. The summed E-state index contributed by atoms with van der Waals surface area (Å²) in [5.74, 6) is -0.611. The molecule has 3 N–H and O–H groups in total. The van der Waals surface area contributed by atoms with Crippen LogP contribution in [0.5, 0.6) is 5.88 Å². The summed E-state index contributed by atoms with van der Waals surface area (Å²) in [4.78, 5) is 26.2. The second kappa shape index (κ2) is 4.66. The highest BCUT2D eigenvalue weighted by molar-refractivity contribution is 5.44. The Morgan fingerprint density at radius 3 is 2.61 bits per heavy atom. The zero-order chi connectivity index (χ0) is 13.1. The highest BCUT2D eigenvalue weighted by Crippen LogP contribution is 2.20. The fourth-order valence-corrected chi connectivity index (χ4v) is 1.36. The number of aromatic nitrogens is 2. The summed E-state index contributed by atoms with van der Waals surface area (Å²) in [6.07, 6.45) is 0. The van der Waals surface area contributed by atoms with Gasteiger partial charge in [0, 0.05) is 0 Å². The molecule has 92 valence electrons. The van der Waals surface area contributed by atoms with E-state index in [9.17, 15) is 14.7 Å². The van der Waals surface area contributed by atoms with Gasteiger partial charge >= 0.3 is 5.69 Å². The Bertz CT molecular complexity index is 715. The third kappa shape index (κ3) is 2.51. The lowest BCUT2D eigenvalue weighted by atomic mass is 10.2. The number of aryl methyl sites for hydroxylation is 1. The molecule has 0 spiro atoms. The SMILES string of the molecule is Cc1cccc(N=Nc2c(O)[nH]c(=O)[nH]c2=O)c1. The molecule has 0 bridgehead atoms. The van der Waals surface area contributed by atoms with E-state index in [0.717, 1.165) is 5.56 Å². The molecule has 0 atom stereocenters. The Hall–Kier alpha value is -2.70. The van der Waals surface area contributed by atoms with E-state index in [1.165, 1.54) is 0 Å². The van der Waals surface area contributed by atoms with Crippen molar-refractivity contribution < 1.29 is 5.11 Å². The van der Waals surface area contributed by atoms with E-state index in [0.29, 0.717) is 5.69 Å². The van der Waals surface area contributed by atoms with Crippen molar-refractivity contribution in [3.05, 3.63) is 50.7 Å². The van der Waals surface area contributed by atoms with E-state index in [-0.39, 0.29) is 5.69 Å². The summed E-state index contributed by atoms with van der Waals surface area (Å²) in [5.41, 5.74) is -0.401. The highest BCUT2D eigenvalue weighted by Gasteiger charge is 2.06. The van der Waals surface area contributed by atoms with Gasteiger partial charge in [-0.25, -0.2) is 4.79 Å². The van der Waals surface area contributed by atoms with Gasteiger partial charge in [-0.3, -0.25) is 14.8 Å². The lowest BCUT2D eigenvalue weighted by molar-refractivity contribution is 0.450. The maximum absolute atomic E-state index is 11.4. The minimum absolute atomic E-state index is 0.337. The van der Waals surface area contributed by atoms with Gasteiger partial charge in [0.2, 0.25) is 11.6 Å². The van der Waals surface area contributed by atoms with Crippen molar-refractivity contribution >= 4 is 11.4 Å². The van der Waals surface area contributed by atoms with Gasteiger partial charge in [0.1, 0.15) is 0 Å². The number of nitrogens with one attached hydrogen (secondary N) is 2. The Balaban J connectivity index is 2.41. The molecule has 7 nitrogen and oxygen atoms in total. The molecule has 0 unspecified atom stereocenters. The first-order chi connectivity index (χ1) is 8.56. The first-order valence-electron chi connectivity index (χ1n) is 5.10. The topological polar surface area (TPSA) is 111 Å². The van der Waals surface area contributed by atoms with Crippen molar-refractivity contribution in [2.24, 2.45) is 10.2 Å². The molecule has 0 aliphatic rings. The van der Waals surface area contributed by atoms with Crippen LogP contribution in [0.4, 0.5) is 11.4 Å². The van der Waals surface area contributed by atoms with Crippen molar-refractivity contribution in [3.8, 4) is 5.88 Å². The molecule has 2 aromatic rings. The number of hydrogen-bond donors (Lipinski definition) is 3. The predicted octanol–water partition coefficient (Wildman–Crippen LogP) is 1.49. The molecular weight excluding hydrogens is 236 g/mol. The van der Waals surface area contributed by atoms with Crippen LogP contribution >= 0.6 is 0 Å². The quantitative estimate of drug-likeness (QED) is 0.698. The number of aromatic amines is 2. The molecule has 7 heteroatoms. The number of rotatable bonds is 2.